The molecule has 0 radical (unpaired) electrons. The number of nitrogens with one attached hydrogen (secondary N) is 1. The molecule has 0 spiro atoms. The van der Waals surface area contributed by atoms with Crippen LogP contribution in [0.15, 0.2) is 36.4 Å². The van der Waals surface area contributed by atoms with Gasteiger partial charge in [-0.3, -0.25) is 4.79 Å². The third-order valence-corrected chi connectivity index (χ3v) is 4.05. The molecule has 0 aliphatic carbocycles. The summed E-state index contributed by atoms with van der Waals surface area (Å²) >= 11 is 0. The van der Waals surface area contributed by atoms with E-state index in [9.17, 15) is 9.59 Å². The first kappa shape index (κ1) is 19.4. The molecule has 2 aromatic rings. The van der Waals surface area contributed by atoms with Crippen LogP contribution in [0.1, 0.15) is 58.4 Å². The van der Waals surface area contributed by atoms with Crippen molar-refractivity contribution in [2.75, 3.05) is 13.7 Å². The third kappa shape index (κ3) is 4.59. The van der Waals surface area contributed by atoms with Gasteiger partial charge in [-0.25, -0.2) is 9.78 Å². The fourth-order valence-corrected chi connectivity index (χ4v) is 2.60. The number of carbonyl (C=O) groups excluding carboxylic acids is 2. The number of aromatic nitrogens is 1. The normalized spacial score (nSPS) is 11.5. The van der Waals surface area contributed by atoms with Crippen molar-refractivity contribution in [3.63, 3.8) is 0 Å². The maximum atomic E-state index is 12.6. The molecule has 0 saturated carbocycles. The Morgan fingerprint density at radius 3 is 2.35 bits per heavy atom. The van der Waals surface area contributed by atoms with Crippen LogP contribution in [0.25, 0.3) is 0 Å². The van der Waals surface area contributed by atoms with Crippen molar-refractivity contribution in [2.45, 2.75) is 33.2 Å². The van der Waals surface area contributed by atoms with E-state index < -0.39 is 5.97 Å². The minimum Gasteiger partial charge on any atom is -0.497 e. The molecule has 1 aromatic heterocycles. The summed E-state index contributed by atoms with van der Waals surface area (Å²) in [6, 6.07) is 10.5. The van der Waals surface area contributed by atoms with Crippen LogP contribution < -0.4 is 10.1 Å². The Bertz CT molecular complexity index is 772. The number of hydrogen-bond donors (Lipinski definition) is 1. The molecule has 6 heteroatoms. The number of amides is 1. The Morgan fingerprint density at radius 1 is 1.12 bits per heavy atom. The molecule has 2 rings (SSSR count). The van der Waals surface area contributed by atoms with E-state index in [-0.39, 0.29) is 17.6 Å². The van der Waals surface area contributed by atoms with E-state index in [0.29, 0.717) is 17.9 Å². The number of rotatable bonds is 7. The predicted molar refractivity (Wildman–Crippen MR) is 98.4 cm³/mol. The Balaban J connectivity index is 2.14. The first-order valence-corrected chi connectivity index (χ1v) is 8.59. The van der Waals surface area contributed by atoms with Crippen LogP contribution in [0.3, 0.4) is 0 Å². The van der Waals surface area contributed by atoms with Gasteiger partial charge in [0.15, 0.2) is 0 Å². The molecule has 1 heterocycles. The molecule has 26 heavy (non-hydrogen) atoms. The van der Waals surface area contributed by atoms with Gasteiger partial charge in [0.2, 0.25) is 0 Å². The molecular formula is C20H24N2O4. The Morgan fingerprint density at radius 2 is 1.81 bits per heavy atom. The zero-order valence-electron chi connectivity index (χ0n) is 15.5. The van der Waals surface area contributed by atoms with Crippen LogP contribution in [0.4, 0.5) is 0 Å². The van der Waals surface area contributed by atoms with Crippen LogP contribution in [0, 0.1) is 6.92 Å². The molecule has 0 bridgehead atoms. The van der Waals surface area contributed by atoms with Gasteiger partial charge in [-0.1, -0.05) is 19.1 Å². The summed E-state index contributed by atoms with van der Waals surface area (Å²) < 4.78 is 10.1. The number of benzene rings is 1. The largest absolute Gasteiger partial charge is 0.497 e. The van der Waals surface area contributed by atoms with Gasteiger partial charge in [-0.15, -0.1) is 0 Å². The smallest absolute Gasteiger partial charge is 0.339 e. The monoisotopic (exact) mass is 356 g/mol. The van der Waals surface area contributed by atoms with Crippen LogP contribution in [0.5, 0.6) is 5.75 Å². The molecule has 138 valence electrons. The van der Waals surface area contributed by atoms with Gasteiger partial charge < -0.3 is 14.8 Å². The molecule has 1 unspecified atom stereocenters. The highest BCUT2D eigenvalue weighted by molar-refractivity contribution is 5.95. The van der Waals surface area contributed by atoms with Crippen molar-refractivity contribution in [2.24, 2.45) is 0 Å². The summed E-state index contributed by atoms with van der Waals surface area (Å²) in [5, 5.41) is 2.98. The van der Waals surface area contributed by atoms with Gasteiger partial charge in [0, 0.05) is 0 Å². The topological polar surface area (TPSA) is 77.5 Å². The van der Waals surface area contributed by atoms with E-state index in [1.165, 1.54) is 6.07 Å². The zero-order chi connectivity index (χ0) is 19.1. The summed E-state index contributed by atoms with van der Waals surface area (Å²) in [6.07, 6.45) is 0.734. The quantitative estimate of drug-likeness (QED) is 0.769. The number of aryl methyl sites for hydroxylation is 1. The second-order valence-corrected chi connectivity index (χ2v) is 5.76. The molecule has 0 fully saturated rings. The summed E-state index contributed by atoms with van der Waals surface area (Å²) in [5.74, 6) is 0.0436. The number of nitrogens with zero attached hydrogens (tertiary/aromatic N) is 1. The lowest BCUT2D eigenvalue weighted by atomic mass is 10.0. The molecule has 6 nitrogen and oxygen atoms in total. The molecule has 1 amide bonds. The SMILES string of the molecule is CCOC(=O)c1ccc(C(=O)NC(CC)c2ccc(OC)cc2)nc1C. The number of pyridine rings is 1. The van der Waals surface area contributed by atoms with E-state index in [1.807, 2.05) is 31.2 Å². The van der Waals surface area contributed by atoms with E-state index >= 15 is 0 Å². The highest BCUT2D eigenvalue weighted by Crippen LogP contribution is 2.20. The van der Waals surface area contributed by atoms with E-state index in [0.717, 1.165) is 17.7 Å². The molecule has 1 N–H and O–H groups in total. The molecule has 1 aromatic carbocycles. The standard InChI is InChI=1S/C20H24N2O4/c1-5-17(14-7-9-15(25-4)10-8-14)22-19(23)18-12-11-16(13(3)21-18)20(24)26-6-2/h7-12,17H,5-6H2,1-4H3,(H,22,23). The summed E-state index contributed by atoms with van der Waals surface area (Å²) in [4.78, 5) is 28.6. The number of ether oxygens (including phenoxy) is 2. The van der Waals surface area contributed by atoms with E-state index in [1.54, 1.807) is 27.0 Å². The molecule has 0 aliphatic rings. The first-order valence-electron chi connectivity index (χ1n) is 8.59. The predicted octanol–water partition coefficient (Wildman–Crippen LogP) is 3.46. The lowest BCUT2D eigenvalue weighted by Crippen LogP contribution is -2.29. The second-order valence-electron chi connectivity index (χ2n) is 5.76. The van der Waals surface area contributed by atoms with Crippen molar-refractivity contribution in [3.8, 4) is 5.75 Å². The minimum absolute atomic E-state index is 0.139. The molecule has 0 aliphatic heterocycles. The maximum absolute atomic E-state index is 12.6. The van der Waals surface area contributed by atoms with Crippen LogP contribution in [0.2, 0.25) is 0 Å². The van der Waals surface area contributed by atoms with Crippen molar-refractivity contribution in [1.29, 1.82) is 0 Å². The van der Waals surface area contributed by atoms with Crippen LogP contribution in [-0.4, -0.2) is 30.6 Å². The lowest BCUT2D eigenvalue weighted by molar-refractivity contribution is 0.0524. The van der Waals surface area contributed by atoms with Gasteiger partial charge >= 0.3 is 5.97 Å². The average Bonchev–Trinajstić information content (AvgIpc) is 2.66. The van der Waals surface area contributed by atoms with Crippen molar-refractivity contribution in [1.82, 2.24) is 10.3 Å². The van der Waals surface area contributed by atoms with Crippen LogP contribution >= 0.6 is 0 Å². The van der Waals surface area contributed by atoms with E-state index in [4.69, 9.17) is 9.47 Å². The first-order chi connectivity index (χ1) is 12.5. The fourth-order valence-electron chi connectivity index (χ4n) is 2.60. The second kappa shape index (κ2) is 8.99. The van der Waals surface area contributed by atoms with E-state index in [2.05, 4.69) is 10.3 Å². The highest BCUT2D eigenvalue weighted by Gasteiger charge is 2.18. The summed E-state index contributed by atoms with van der Waals surface area (Å²) in [6.45, 7) is 5.72. The van der Waals surface area contributed by atoms with Gasteiger partial charge in [0.05, 0.1) is 31.0 Å². The fraction of sp³-hybridized carbons (Fsp3) is 0.350. The van der Waals surface area contributed by atoms with Gasteiger partial charge in [0.1, 0.15) is 11.4 Å². The van der Waals surface area contributed by atoms with Gasteiger partial charge in [0.25, 0.3) is 5.91 Å². The summed E-state index contributed by atoms with van der Waals surface area (Å²) in [7, 11) is 1.61. The van der Waals surface area contributed by atoms with Crippen molar-refractivity contribution < 1.29 is 19.1 Å². The molecular weight excluding hydrogens is 332 g/mol. The minimum atomic E-state index is -0.436. The van der Waals surface area contributed by atoms with Crippen LogP contribution in [-0.2, 0) is 4.74 Å². The number of esters is 1. The average molecular weight is 356 g/mol. The maximum Gasteiger partial charge on any atom is 0.339 e. The van der Waals surface area contributed by atoms with Crippen molar-refractivity contribution >= 4 is 11.9 Å². The van der Waals surface area contributed by atoms with Crippen molar-refractivity contribution in [3.05, 3.63) is 58.9 Å². The number of methoxy groups -OCH3 is 1. The Hall–Kier alpha value is -2.89. The lowest BCUT2D eigenvalue weighted by Gasteiger charge is -2.18. The van der Waals surface area contributed by atoms with Gasteiger partial charge in [-0.2, -0.15) is 0 Å². The zero-order valence-corrected chi connectivity index (χ0v) is 15.5. The van der Waals surface area contributed by atoms with Gasteiger partial charge in [-0.05, 0) is 50.1 Å². The molecule has 1 atom stereocenters. The summed E-state index contributed by atoms with van der Waals surface area (Å²) in [5.41, 5.74) is 2.09. The molecule has 0 saturated heterocycles. The number of carbonyl (C=O) groups is 2. The Labute approximate surface area is 153 Å². The Kier molecular flexibility index (Phi) is 6.72. The third-order valence-electron chi connectivity index (χ3n) is 4.05. The highest BCUT2D eigenvalue weighted by atomic mass is 16.5. The number of hydrogen-bond acceptors (Lipinski definition) is 5.